The number of alkyl halides is 3. The first-order valence-electron chi connectivity index (χ1n) is 6.32. The van der Waals surface area contributed by atoms with Gasteiger partial charge in [0.1, 0.15) is 6.61 Å². The number of carbonyl (C=O) groups excluding carboxylic acids is 1. The lowest BCUT2D eigenvalue weighted by molar-refractivity contribution is -0.187. The normalized spacial score (nSPS) is 12.9. The van der Waals surface area contributed by atoms with Crippen LogP contribution in [-0.4, -0.2) is 23.7 Å². The second-order valence-corrected chi connectivity index (χ2v) is 5.72. The van der Waals surface area contributed by atoms with Crippen LogP contribution in [0.1, 0.15) is 16.5 Å². The van der Waals surface area contributed by atoms with Gasteiger partial charge in [-0.25, -0.2) is 4.98 Å². The topological polar surface area (TPSA) is 51.2 Å². The van der Waals surface area contributed by atoms with Gasteiger partial charge in [0.25, 0.3) is 5.91 Å². The molecule has 118 valence electrons. The van der Waals surface area contributed by atoms with Crippen molar-refractivity contribution in [1.29, 1.82) is 0 Å². The van der Waals surface area contributed by atoms with Crippen molar-refractivity contribution < 1.29 is 22.7 Å². The number of halogens is 3. The lowest BCUT2D eigenvalue weighted by atomic mass is 10.1. The number of amides is 1. The van der Waals surface area contributed by atoms with E-state index in [-0.39, 0.29) is 0 Å². The van der Waals surface area contributed by atoms with E-state index >= 15 is 0 Å². The zero-order valence-corrected chi connectivity index (χ0v) is 12.4. The van der Waals surface area contributed by atoms with Gasteiger partial charge >= 0.3 is 6.18 Å². The number of aryl methyl sites for hydroxylation is 1. The Hall–Kier alpha value is -1.93. The molecule has 22 heavy (non-hydrogen) atoms. The monoisotopic (exact) mass is 330 g/mol. The molecular formula is C14H13F3N2O2S. The summed E-state index contributed by atoms with van der Waals surface area (Å²) in [5.74, 6) is -0.690. The second-order valence-electron chi connectivity index (χ2n) is 4.48. The summed E-state index contributed by atoms with van der Waals surface area (Å²) in [6.45, 7) is 0.305. The lowest BCUT2D eigenvalue weighted by Gasteiger charge is -2.18. The molecule has 0 bridgehead atoms. The molecule has 0 fully saturated rings. The summed E-state index contributed by atoms with van der Waals surface area (Å²) in [5, 5.41) is 2.79. The first-order valence-corrected chi connectivity index (χ1v) is 7.13. The van der Waals surface area contributed by atoms with Crippen molar-refractivity contribution in [3.05, 3.63) is 47.0 Å². The predicted octanol–water partition coefficient (Wildman–Crippen LogP) is 3.71. The van der Waals surface area contributed by atoms with Crippen molar-refractivity contribution in [3.63, 3.8) is 0 Å². The van der Waals surface area contributed by atoms with E-state index in [4.69, 9.17) is 4.74 Å². The van der Waals surface area contributed by atoms with E-state index in [1.807, 2.05) is 6.92 Å². The number of hydrogen-bond donors (Lipinski definition) is 1. The number of nitrogens with one attached hydrogen (secondary N) is 1. The molecule has 4 nitrogen and oxygen atoms in total. The van der Waals surface area contributed by atoms with E-state index in [1.54, 1.807) is 24.4 Å². The Balaban J connectivity index is 2.14. The Labute approximate surface area is 128 Å². The van der Waals surface area contributed by atoms with Crippen LogP contribution < -0.4 is 5.32 Å². The molecule has 0 saturated heterocycles. The molecule has 0 radical (unpaired) electrons. The molecule has 1 aromatic heterocycles. The van der Waals surface area contributed by atoms with Crippen LogP contribution in [0.25, 0.3) is 0 Å². The fourth-order valence-corrected chi connectivity index (χ4v) is 2.38. The molecule has 0 aliphatic rings. The molecule has 2 rings (SSSR count). The number of carbonyl (C=O) groups is 1. The van der Waals surface area contributed by atoms with Gasteiger partial charge in [0, 0.05) is 11.1 Å². The second kappa shape index (κ2) is 6.89. The predicted molar refractivity (Wildman–Crippen MR) is 76.7 cm³/mol. The minimum Gasteiger partial charge on any atom is -0.354 e. The highest BCUT2D eigenvalue weighted by molar-refractivity contribution is 7.15. The van der Waals surface area contributed by atoms with Crippen LogP contribution in [-0.2, 0) is 9.53 Å². The zero-order valence-electron chi connectivity index (χ0n) is 11.6. The van der Waals surface area contributed by atoms with E-state index in [0.717, 1.165) is 4.88 Å². The summed E-state index contributed by atoms with van der Waals surface area (Å²) in [4.78, 5) is 17.0. The molecule has 0 aliphatic heterocycles. The number of hydrogen-bond acceptors (Lipinski definition) is 4. The van der Waals surface area contributed by atoms with Crippen molar-refractivity contribution in [2.45, 2.75) is 19.2 Å². The summed E-state index contributed by atoms with van der Waals surface area (Å²) in [6, 6.07) is 8.02. The number of rotatable bonds is 5. The molecule has 8 heteroatoms. The van der Waals surface area contributed by atoms with E-state index in [9.17, 15) is 18.0 Å². The number of benzene rings is 1. The van der Waals surface area contributed by atoms with Gasteiger partial charge in [0.15, 0.2) is 11.2 Å². The molecule has 1 N–H and O–H groups in total. The third-order valence-corrected chi connectivity index (χ3v) is 3.43. The van der Waals surface area contributed by atoms with Gasteiger partial charge in [0.2, 0.25) is 0 Å². The van der Waals surface area contributed by atoms with Gasteiger partial charge in [0.05, 0.1) is 0 Å². The van der Waals surface area contributed by atoms with Crippen LogP contribution >= 0.6 is 11.3 Å². The highest BCUT2D eigenvalue weighted by Gasteiger charge is 2.32. The first kappa shape index (κ1) is 16.4. The van der Waals surface area contributed by atoms with E-state index in [1.165, 1.54) is 23.5 Å². The highest BCUT2D eigenvalue weighted by Crippen LogP contribution is 2.25. The van der Waals surface area contributed by atoms with Gasteiger partial charge in [-0.3, -0.25) is 10.1 Å². The maximum Gasteiger partial charge on any atom is 0.411 e. The zero-order chi connectivity index (χ0) is 16.2. The summed E-state index contributed by atoms with van der Waals surface area (Å²) in [6.07, 6.45) is -4.30. The molecule has 0 aliphatic carbocycles. The average molecular weight is 330 g/mol. The number of aromatic nitrogens is 1. The Morgan fingerprint density at radius 2 is 2.05 bits per heavy atom. The molecule has 0 unspecified atom stereocenters. The summed E-state index contributed by atoms with van der Waals surface area (Å²) < 4.78 is 41.8. The summed E-state index contributed by atoms with van der Waals surface area (Å²) in [7, 11) is 0. The molecule has 1 amide bonds. The Kier molecular flexibility index (Phi) is 5.15. The van der Waals surface area contributed by atoms with E-state index < -0.39 is 24.8 Å². The average Bonchev–Trinajstić information content (AvgIpc) is 2.84. The van der Waals surface area contributed by atoms with Gasteiger partial charge in [-0.15, -0.1) is 11.3 Å². The van der Waals surface area contributed by atoms with Gasteiger partial charge in [-0.05, 0) is 12.5 Å². The molecule has 1 heterocycles. The number of thiazole rings is 1. The number of anilines is 1. The first-order chi connectivity index (χ1) is 10.3. The van der Waals surface area contributed by atoms with Crippen LogP contribution in [0.2, 0.25) is 0 Å². The molecule has 2 aromatic rings. The summed E-state index contributed by atoms with van der Waals surface area (Å²) >= 11 is 1.23. The molecule has 1 atom stereocenters. The molecular weight excluding hydrogens is 317 g/mol. The smallest absolute Gasteiger partial charge is 0.354 e. The quantitative estimate of drug-likeness (QED) is 0.909. The maximum atomic E-state index is 12.4. The molecule has 1 aromatic carbocycles. The number of nitrogens with zero attached hydrogens (tertiary/aromatic N) is 1. The van der Waals surface area contributed by atoms with Gasteiger partial charge < -0.3 is 4.74 Å². The highest BCUT2D eigenvalue weighted by atomic mass is 32.1. The SMILES string of the molecule is Cc1cnc(NC(=O)[C@@H](OCC(F)(F)F)c2ccccc2)s1. The lowest BCUT2D eigenvalue weighted by Crippen LogP contribution is -2.27. The van der Waals surface area contributed by atoms with Gasteiger partial charge in [-0.2, -0.15) is 13.2 Å². The largest absolute Gasteiger partial charge is 0.411 e. The third kappa shape index (κ3) is 4.81. The third-order valence-electron chi connectivity index (χ3n) is 2.61. The van der Waals surface area contributed by atoms with Crippen LogP contribution in [0.5, 0.6) is 0 Å². The van der Waals surface area contributed by atoms with Crippen molar-refractivity contribution in [3.8, 4) is 0 Å². The van der Waals surface area contributed by atoms with Crippen LogP contribution in [0.3, 0.4) is 0 Å². The van der Waals surface area contributed by atoms with Crippen molar-refractivity contribution >= 4 is 22.4 Å². The molecule has 0 saturated carbocycles. The van der Waals surface area contributed by atoms with Crippen molar-refractivity contribution in [1.82, 2.24) is 4.98 Å². The fraction of sp³-hybridized carbons (Fsp3) is 0.286. The fourth-order valence-electron chi connectivity index (χ4n) is 1.71. The maximum absolute atomic E-state index is 12.4. The minimum atomic E-state index is -4.51. The van der Waals surface area contributed by atoms with E-state index in [2.05, 4.69) is 10.3 Å². The Bertz CT molecular complexity index is 629. The minimum absolute atomic E-state index is 0.319. The van der Waals surface area contributed by atoms with Gasteiger partial charge in [-0.1, -0.05) is 30.3 Å². The van der Waals surface area contributed by atoms with Crippen LogP contribution in [0.4, 0.5) is 18.3 Å². The standard InChI is InChI=1S/C14H13F3N2O2S/c1-9-7-18-13(22-9)19-12(20)11(21-8-14(15,16)17)10-5-3-2-4-6-10/h2-7,11H,8H2,1H3,(H,18,19,20)/t11-/m0/s1. The molecule has 0 spiro atoms. The summed E-state index contributed by atoms with van der Waals surface area (Å²) in [5.41, 5.74) is 0.345. The Morgan fingerprint density at radius 3 is 2.59 bits per heavy atom. The van der Waals surface area contributed by atoms with Crippen LogP contribution in [0, 0.1) is 6.92 Å². The van der Waals surface area contributed by atoms with E-state index in [0.29, 0.717) is 10.7 Å². The van der Waals surface area contributed by atoms with Crippen molar-refractivity contribution in [2.24, 2.45) is 0 Å². The van der Waals surface area contributed by atoms with Crippen LogP contribution in [0.15, 0.2) is 36.5 Å². The van der Waals surface area contributed by atoms with Crippen molar-refractivity contribution in [2.75, 3.05) is 11.9 Å². The number of ether oxygens (including phenoxy) is 1. The Morgan fingerprint density at radius 1 is 1.36 bits per heavy atom.